The van der Waals surface area contributed by atoms with Crippen molar-refractivity contribution < 1.29 is 7.95 Å². The van der Waals surface area contributed by atoms with E-state index >= 15 is 0 Å². The molecule has 36 valence electrons. The minimum absolute atomic E-state index is 0.413. The second kappa shape index (κ2) is 4.64. The lowest BCUT2D eigenvalue weighted by Crippen LogP contribution is -2.00. The van der Waals surface area contributed by atoms with Gasteiger partial charge in [0, 0.05) is 11.9 Å². The third kappa shape index (κ3) is 3.67. The normalized spacial score (nSPS) is 8.50. The third-order valence-corrected chi connectivity index (χ3v) is 2.15. The lowest BCUT2D eigenvalue weighted by molar-refractivity contribution is 0.540. The van der Waals surface area contributed by atoms with Crippen LogP contribution in [0.1, 0.15) is 0 Å². The van der Waals surface area contributed by atoms with E-state index in [2.05, 4.69) is 24.2 Å². The van der Waals surface area contributed by atoms with Crippen molar-refractivity contribution in [2.75, 3.05) is 0 Å². The first-order valence-electron chi connectivity index (χ1n) is 0.998. The summed E-state index contributed by atoms with van der Waals surface area (Å²) < 4.78 is 8.43. The van der Waals surface area contributed by atoms with E-state index in [4.69, 9.17) is 11.9 Å². The molecule has 2 nitrogen and oxygen atoms in total. The summed E-state index contributed by atoms with van der Waals surface area (Å²) >= 11 is 9.29. The molecule has 6 heteroatoms. The Hall–Kier alpha value is 1.48. The van der Waals surface area contributed by atoms with Gasteiger partial charge in [-0.25, -0.2) is 0 Å². The highest BCUT2D eigenvalue weighted by atomic mass is 127. The van der Waals surface area contributed by atoms with E-state index in [1.165, 1.54) is 0 Å². The zero-order valence-electron chi connectivity index (χ0n) is 2.53. The summed E-state index contributed by atoms with van der Waals surface area (Å²) in [5, 5.41) is 0. The largest absolute Gasteiger partial charge is 0.560 e. The average Bonchev–Trinajstić information content (AvgIpc) is 1.65. The molecule has 6 heavy (non-hydrogen) atoms. The molecule has 0 aliphatic rings. The van der Waals surface area contributed by atoms with Crippen molar-refractivity contribution in [1.82, 2.24) is 0 Å². The fourth-order valence-electron chi connectivity index (χ4n) is 0.0137. The van der Waals surface area contributed by atoms with Crippen LogP contribution < -0.4 is 0 Å². The summed E-state index contributed by atoms with van der Waals surface area (Å²) in [5.74, 6) is 0. The van der Waals surface area contributed by atoms with Gasteiger partial charge in [-0.1, -0.05) is 22.4 Å². The Labute approximate surface area is 63.2 Å². The van der Waals surface area contributed by atoms with E-state index in [0.29, 0.717) is 0 Å². The average molecular weight is 285 g/mol. The van der Waals surface area contributed by atoms with Gasteiger partial charge in [-0.2, -0.15) is 0 Å². The minimum Gasteiger partial charge on any atom is -0.327 e. The molecule has 0 amide bonds. The maximum absolute atomic E-state index is 4.79. The van der Waals surface area contributed by atoms with Crippen molar-refractivity contribution >= 4 is 55.5 Å². The van der Waals surface area contributed by atoms with Gasteiger partial charge in [-0.05, 0) is 0 Å². The lowest BCUT2D eigenvalue weighted by atomic mass is 10.4. The van der Waals surface area contributed by atoms with Gasteiger partial charge in [0.15, 0.2) is 0 Å². The molecule has 0 aliphatic heterocycles. The van der Waals surface area contributed by atoms with Crippen LogP contribution in [0, 0.1) is 0 Å². The van der Waals surface area contributed by atoms with E-state index in [0.717, 1.165) is 0 Å². The minimum atomic E-state index is -0.413. The zero-order valence-corrected chi connectivity index (χ0v) is 7.03. The van der Waals surface area contributed by atoms with Crippen LogP contribution in [-0.4, -0.2) is 4.97 Å². The Balaban J connectivity index is 2.75. The second-order valence-electron chi connectivity index (χ2n) is 0.453. The molecule has 0 saturated carbocycles. The smallest absolute Gasteiger partial charge is 0.327 e. The summed E-state index contributed by atoms with van der Waals surface area (Å²) in [6.45, 7) is 0. The first-order chi connectivity index (χ1) is 2.81. The van der Waals surface area contributed by atoms with E-state index in [9.17, 15) is 0 Å². The second-order valence-corrected chi connectivity index (χ2v) is 2.02. The molecule has 0 aliphatic carbocycles. The predicted molar refractivity (Wildman–Crippen MR) is 36.7 cm³/mol. The van der Waals surface area contributed by atoms with Crippen LogP contribution in [0.3, 0.4) is 0 Å². The van der Waals surface area contributed by atoms with Crippen molar-refractivity contribution in [3.63, 3.8) is 0 Å². The Morgan fingerprint density at radius 1 is 1.83 bits per heavy atom. The molecule has 0 aromatic carbocycles. The van der Waals surface area contributed by atoms with Crippen LogP contribution in [0.5, 0.6) is 0 Å². The van der Waals surface area contributed by atoms with Crippen LogP contribution in [0.2, 0.25) is 0 Å². The van der Waals surface area contributed by atoms with Crippen molar-refractivity contribution in [3.8, 4) is 0 Å². The maximum Gasteiger partial charge on any atom is 0.560 e. The van der Waals surface area contributed by atoms with Crippen LogP contribution in [0.4, 0.5) is 0 Å². The van der Waals surface area contributed by atoms with Crippen molar-refractivity contribution in [2.45, 2.75) is 0 Å². The molecule has 0 aromatic heterocycles. The van der Waals surface area contributed by atoms with Gasteiger partial charge in [0.2, 0.25) is 0 Å². The first kappa shape index (κ1) is 7.48. The van der Waals surface area contributed by atoms with E-state index in [1.54, 1.807) is 0 Å². The van der Waals surface area contributed by atoms with Gasteiger partial charge in [0.05, 0.1) is 16.3 Å². The van der Waals surface area contributed by atoms with Gasteiger partial charge in [0.1, 0.15) is 0 Å². The molecule has 0 spiro atoms. The van der Waals surface area contributed by atoms with Gasteiger partial charge in [-0.15, -0.1) is 0 Å². The Morgan fingerprint density at radius 2 is 2.33 bits per heavy atom. The number of halogens is 3. The predicted octanol–water partition coefficient (Wildman–Crippen LogP) is 1.90. The van der Waals surface area contributed by atoms with E-state index in [1.807, 2.05) is 22.4 Å². The van der Waals surface area contributed by atoms with Gasteiger partial charge in [0.25, 0.3) is 0 Å². The zero-order chi connectivity index (χ0) is 4.99. The number of rotatable bonds is 2. The highest BCUT2D eigenvalue weighted by Gasteiger charge is 2.08. The van der Waals surface area contributed by atoms with Crippen molar-refractivity contribution in [1.29, 1.82) is 0 Å². The van der Waals surface area contributed by atoms with Crippen molar-refractivity contribution in [2.24, 2.45) is 0 Å². The van der Waals surface area contributed by atoms with Gasteiger partial charge >= 0.3 is 4.97 Å². The molecule has 0 rings (SSSR count). The molecule has 0 unspecified atom stereocenters. The van der Waals surface area contributed by atoms with E-state index in [-0.39, 0.29) is 0 Å². The molecule has 0 aromatic rings. The van der Waals surface area contributed by atoms with Crippen LogP contribution in [0.25, 0.3) is 0 Å². The highest BCUT2D eigenvalue weighted by Crippen LogP contribution is 2.03. The highest BCUT2D eigenvalue weighted by molar-refractivity contribution is 14.1. The Bertz CT molecular complexity index is 32.7. The van der Waals surface area contributed by atoms with Crippen LogP contribution in [0.15, 0.2) is 0 Å². The molecular weight excluding hydrogens is 285 g/mol. The number of hydrogen-bond acceptors (Lipinski definition) is 2. The number of hydrogen-bond donors (Lipinski definition) is 0. The quantitative estimate of drug-likeness (QED) is 0.570. The summed E-state index contributed by atoms with van der Waals surface area (Å²) in [5.41, 5.74) is 0. The Morgan fingerprint density at radius 3 is 2.33 bits per heavy atom. The molecule has 0 bridgehead atoms. The maximum atomic E-state index is 4.79. The van der Waals surface area contributed by atoms with Gasteiger partial charge in [-0.3, -0.25) is 4.21 Å². The Kier molecular flexibility index (Phi) is 5.79. The molecule has 0 atom stereocenters. The molecule has 0 fully saturated rings. The van der Waals surface area contributed by atoms with Crippen LogP contribution >= 0.6 is 50.5 Å². The SMILES string of the molecule is ClOB(I)OBr. The van der Waals surface area contributed by atoms with Crippen LogP contribution in [-0.2, 0) is 7.95 Å². The molecular formula is BBrClIO2. The van der Waals surface area contributed by atoms with E-state index < -0.39 is 4.97 Å². The van der Waals surface area contributed by atoms with Crippen molar-refractivity contribution in [3.05, 3.63) is 0 Å². The van der Waals surface area contributed by atoms with Gasteiger partial charge < -0.3 is 3.75 Å². The topological polar surface area (TPSA) is 18.5 Å². The standard InChI is InChI=1S/BBrClIO2/c2-5-1(4)6-3. The molecule has 0 N–H and O–H groups in total. The summed E-state index contributed by atoms with van der Waals surface area (Å²) in [4.78, 5) is -0.413. The monoisotopic (exact) mass is 284 g/mol. The lowest BCUT2D eigenvalue weighted by Gasteiger charge is -1.88. The fourth-order valence-corrected chi connectivity index (χ4v) is 0.214. The third-order valence-electron chi connectivity index (χ3n) is 0.140. The molecule has 0 saturated heterocycles. The molecule has 0 heterocycles. The summed E-state index contributed by atoms with van der Waals surface area (Å²) in [7, 11) is 0. The summed E-state index contributed by atoms with van der Waals surface area (Å²) in [6, 6.07) is 0. The summed E-state index contributed by atoms with van der Waals surface area (Å²) in [6.07, 6.45) is 0. The fraction of sp³-hybridized carbons (Fsp3) is 0. The molecule has 0 radical (unpaired) electrons. The first-order valence-corrected chi connectivity index (χ1v) is 3.20.